The number of anilines is 1. The number of amides is 1. The van der Waals surface area contributed by atoms with E-state index in [4.69, 9.17) is 14.2 Å². The number of hydrogen-bond acceptors (Lipinski definition) is 5. The van der Waals surface area contributed by atoms with E-state index in [2.05, 4.69) is 5.32 Å². The second-order valence-electron chi connectivity index (χ2n) is 6.67. The first-order chi connectivity index (χ1) is 13.3. The van der Waals surface area contributed by atoms with Gasteiger partial charge >= 0.3 is 5.97 Å². The molecule has 1 N–H and O–H groups in total. The zero-order chi connectivity index (χ0) is 20.7. The predicted octanol–water partition coefficient (Wildman–Crippen LogP) is 3.74. The van der Waals surface area contributed by atoms with Crippen LogP contribution in [-0.2, 0) is 20.7 Å². The van der Waals surface area contributed by atoms with Crippen LogP contribution in [0, 0.1) is 20.8 Å². The normalized spacial score (nSPS) is 10.3. The molecule has 2 rings (SSSR count). The molecule has 0 saturated carbocycles. The molecule has 2 aromatic rings. The highest BCUT2D eigenvalue weighted by molar-refractivity contribution is 5.94. The average Bonchev–Trinajstić information content (AvgIpc) is 2.67. The molecule has 2 aromatic carbocycles. The molecule has 1 amide bonds. The molecule has 0 aliphatic rings. The molecule has 28 heavy (non-hydrogen) atoms. The van der Waals surface area contributed by atoms with Gasteiger partial charge in [-0.15, -0.1) is 0 Å². The molecule has 0 aliphatic heterocycles. The van der Waals surface area contributed by atoms with E-state index in [-0.39, 0.29) is 18.9 Å². The number of nitrogens with one attached hydrogen (secondary N) is 1. The Morgan fingerprint density at radius 3 is 2.18 bits per heavy atom. The Kier molecular flexibility index (Phi) is 7.44. The summed E-state index contributed by atoms with van der Waals surface area (Å²) in [4.78, 5) is 24.1. The van der Waals surface area contributed by atoms with Crippen molar-refractivity contribution in [1.82, 2.24) is 0 Å². The number of ether oxygens (including phenoxy) is 3. The van der Waals surface area contributed by atoms with E-state index in [1.807, 2.05) is 45.0 Å². The Morgan fingerprint density at radius 1 is 0.929 bits per heavy atom. The van der Waals surface area contributed by atoms with Crippen LogP contribution in [0.25, 0.3) is 0 Å². The fourth-order valence-corrected chi connectivity index (χ4v) is 3.05. The number of benzene rings is 2. The summed E-state index contributed by atoms with van der Waals surface area (Å²) < 4.78 is 15.5. The van der Waals surface area contributed by atoms with Crippen molar-refractivity contribution in [3.05, 3.63) is 52.6 Å². The second-order valence-corrected chi connectivity index (χ2v) is 6.67. The maximum atomic E-state index is 12.1. The molecule has 0 saturated heterocycles. The van der Waals surface area contributed by atoms with Crippen LogP contribution in [0.1, 0.15) is 28.7 Å². The molecule has 0 atom stereocenters. The molecule has 0 aliphatic carbocycles. The SMILES string of the molecule is COc1ccc(CCC(=O)OCC(=O)Nc2c(C)cc(C)cc2C)cc1OC. The average molecular weight is 385 g/mol. The lowest BCUT2D eigenvalue weighted by Crippen LogP contribution is -2.22. The summed E-state index contributed by atoms with van der Waals surface area (Å²) in [5, 5.41) is 2.82. The standard InChI is InChI=1S/C22H27NO5/c1-14-10-15(2)22(16(3)11-14)23-20(24)13-28-21(25)9-7-17-6-8-18(26-4)19(12-17)27-5/h6,8,10-12H,7,9,13H2,1-5H3,(H,23,24). The molecule has 0 fully saturated rings. The molecule has 150 valence electrons. The van der Waals surface area contributed by atoms with Crippen molar-refractivity contribution in [2.24, 2.45) is 0 Å². The summed E-state index contributed by atoms with van der Waals surface area (Å²) in [7, 11) is 3.13. The number of esters is 1. The van der Waals surface area contributed by atoms with Gasteiger partial charge in [-0.2, -0.15) is 0 Å². The lowest BCUT2D eigenvalue weighted by atomic mass is 10.1. The van der Waals surface area contributed by atoms with Crippen molar-refractivity contribution in [1.29, 1.82) is 0 Å². The van der Waals surface area contributed by atoms with Crippen molar-refractivity contribution < 1.29 is 23.8 Å². The van der Waals surface area contributed by atoms with Gasteiger partial charge in [-0.25, -0.2) is 0 Å². The van der Waals surface area contributed by atoms with E-state index in [9.17, 15) is 9.59 Å². The molecule has 0 spiro atoms. The van der Waals surface area contributed by atoms with Crippen molar-refractivity contribution >= 4 is 17.6 Å². The lowest BCUT2D eigenvalue weighted by molar-refractivity contribution is -0.147. The van der Waals surface area contributed by atoms with Crippen LogP contribution < -0.4 is 14.8 Å². The zero-order valence-electron chi connectivity index (χ0n) is 17.0. The predicted molar refractivity (Wildman–Crippen MR) is 108 cm³/mol. The van der Waals surface area contributed by atoms with Gasteiger partial charge in [0.1, 0.15) is 0 Å². The lowest BCUT2D eigenvalue weighted by Gasteiger charge is -2.13. The molecular formula is C22H27NO5. The maximum absolute atomic E-state index is 12.1. The van der Waals surface area contributed by atoms with Gasteiger partial charge in [0.05, 0.1) is 14.2 Å². The summed E-state index contributed by atoms with van der Waals surface area (Å²) in [5.74, 6) is 0.459. The summed E-state index contributed by atoms with van der Waals surface area (Å²) in [5.41, 5.74) is 4.77. The van der Waals surface area contributed by atoms with Crippen LogP contribution in [-0.4, -0.2) is 32.7 Å². The van der Waals surface area contributed by atoms with Crippen LogP contribution in [0.4, 0.5) is 5.69 Å². The van der Waals surface area contributed by atoms with Gasteiger partial charge in [-0.3, -0.25) is 9.59 Å². The fraction of sp³-hybridized carbons (Fsp3) is 0.364. The van der Waals surface area contributed by atoms with E-state index >= 15 is 0 Å². The monoisotopic (exact) mass is 385 g/mol. The van der Waals surface area contributed by atoms with Crippen LogP contribution in [0.3, 0.4) is 0 Å². The van der Waals surface area contributed by atoms with E-state index in [1.165, 1.54) is 0 Å². The Balaban J connectivity index is 1.83. The van der Waals surface area contributed by atoms with Gasteiger partial charge in [0.2, 0.25) is 0 Å². The molecular weight excluding hydrogens is 358 g/mol. The number of methoxy groups -OCH3 is 2. The number of carbonyl (C=O) groups is 2. The number of aryl methyl sites for hydroxylation is 4. The Bertz CT molecular complexity index is 837. The quantitative estimate of drug-likeness (QED) is 0.701. The first-order valence-electron chi connectivity index (χ1n) is 9.08. The van der Waals surface area contributed by atoms with Gasteiger partial charge < -0.3 is 19.5 Å². The van der Waals surface area contributed by atoms with Gasteiger partial charge in [-0.05, 0) is 56.0 Å². The van der Waals surface area contributed by atoms with Crippen molar-refractivity contribution in [2.75, 3.05) is 26.1 Å². The first-order valence-corrected chi connectivity index (χ1v) is 9.08. The third-order valence-corrected chi connectivity index (χ3v) is 4.37. The molecule has 0 radical (unpaired) electrons. The van der Waals surface area contributed by atoms with Gasteiger partial charge in [-0.1, -0.05) is 23.8 Å². The Labute approximate surface area is 165 Å². The van der Waals surface area contributed by atoms with Crippen LogP contribution in [0.15, 0.2) is 30.3 Å². The van der Waals surface area contributed by atoms with Crippen molar-refractivity contribution in [3.63, 3.8) is 0 Å². The van der Waals surface area contributed by atoms with Crippen LogP contribution in [0.2, 0.25) is 0 Å². The third kappa shape index (κ3) is 5.74. The minimum Gasteiger partial charge on any atom is -0.493 e. The van der Waals surface area contributed by atoms with Crippen LogP contribution in [0.5, 0.6) is 11.5 Å². The Hall–Kier alpha value is -3.02. The van der Waals surface area contributed by atoms with E-state index < -0.39 is 5.97 Å². The fourth-order valence-electron chi connectivity index (χ4n) is 3.05. The van der Waals surface area contributed by atoms with Gasteiger partial charge in [0, 0.05) is 12.1 Å². The minimum atomic E-state index is -0.428. The number of rotatable bonds is 8. The molecule has 6 heteroatoms. The molecule has 0 aromatic heterocycles. The first kappa shape index (κ1) is 21.3. The smallest absolute Gasteiger partial charge is 0.306 e. The Morgan fingerprint density at radius 2 is 1.57 bits per heavy atom. The van der Waals surface area contributed by atoms with E-state index in [1.54, 1.807) is 20.3 Å². The maximum Gasteiger partial charge on any atom is 0.306 e. The number of hydrogen-bond donors (Lipinski definition) is 1. The van der Waals surface area contributed by atoms with Gasteiger partial charge in [0.15, 0.2) is 18.1 Å². The second kappa shape index (κ2) is 9.78. The van der Waals surface area contributed by atoms with Gasteiger partial charge in [0.25, 0.3) is 5.91 Å². The minimum absolute atomic E-state index is 0.172. The van der Waals surface area contributed by atoms with Crippen LogP contribution >= 0.6 is 0 Å². The highest BCUT2D eigenvalue weighted by Gasteiger charge is 2.12. The van der Waals surface area contributed by atoms with E-state index in [0.717, 1.165) is 27.9 Å². The largest absolute Gasteiger partial charge is 0.493 e. The number of carbonyl (C=O) groups excluding carboxylic acids is 2. The summed E-state index contributed by atoms with van der Waals surface area (Å²) in [6.45, 7) is 5.57. The molecule has 6 nitrogen and oxygen atoms in total. The topological polar surface area (TPSA) is 73.9 Å². The molecule has 0 heterocycles. The highest BCUT2D eigenvalue weighted by atomic mass is 16.5. The summed E-state index contributed by atoms with van der Waals surface area (Å²) in [6.07, 6.45) is 0.655. The summed E-state index contributed by atoms with van der Waals surface area (Å²) in [6, 6.07) is 9.47. The third-order valence-electron chi connectivity index (χ3n) is 4.37. The highest BCUT2D eigenvalue weighted by Crippen LogP contribution is 2.28. The van der Waals surface area contributed by atoms with Crippen molar-refractivity contribution in [2.45, 2.75) is 33.6 Å². The zero-order valence-corrected chi connectivity index (χ0v) is 17.0. The van der Waals surface area contributed by atoms with E-state index in [0.29, 0.717) is 17.9 Å². The van der Waals surface area contributed by atoms with Crippen molar-refractivity contribution in [3.8, 4) is 11.5 Å². The molecule has 0 unspecified atom stereocenters. The summed E-state index contributed by atoms with van der Waals surface area (Å²) >= 11 is 0. The molecule has 0 bridgehead atoms.